The van der Waals surface area contributed by atoms with Gasteiger partial charge in [0.15, 0.2) is 5.58 Å². The van der Waals surface area contributed by atoms with Gasteiger partial charge in [0.2, 0.25) is 0 Å². The van der Waals surface area contributed by atoms with Gasteiger partial charge in [-0.2, -0.15) is 0 Å². The molecule has 10 aromatic rings. The molecule has 2 atom stereocenters. The first kappa shape index (κ1) is 47.3. The van der Waals surface area contributed by atoms with Crippen molar-refractivity contribution in [3.05, 3.63) is 173 Å². The minimum absolute atomic E-state index is 0.00823. The van der Waals surface area contributed by atoms with Crippen molar-refractivity contribution in [2.75, 3.05) is 14.7 Å². The quantitative estimate of drug-likeness (QED) is 0.165. The average molecular weight is 1040 g/mol. The van der Waals surface area contributed by atoms with E-state index in [1.165, 1.54) is 130 Å². The van der Waals surface area contributed by atoms with Gasteiger partial charge >= 0.3 is 0 Å². The molecule has 2 aromatic heterocycles. The van der Waals surface area contributed by atoms with Crippen molar-refractivity contribution in [3.63, 3.8) is 0 Å². The molecule has 16 rings (SSSR count). The molecule has 1 saturated carbocycles. The van der Waals surface area contributed by atoms with Crippen LogP contribution in [0.1, 0.15) is 148 Å². The maximum atomic E-state index is 7.16. The Hall–Kier alpha value is -6.76. The van der Waals surface area contributed by atoms with Crippen molar-refractivity contribution in [1.82, 2.24) is 0 Å². The van der Waals surface area contributed by atoms with Gasteiger partial charge in [0, 0.05) is 70.8 Å². The number of rotatable bonds is 3. The van der Waals surface area contributed by atoms with Crippen molar-refractivity contribution in [2.24, 2.45) is 0 Å². The molecule has 8 aromatic carbocycles. The molecule has 1 fully saturated rings. The molecule has 6 aliphatic rings. The summed E-state index contributed by atoms with van der Waals surface area (Å²) < 4.78 is 9.79. The smallest absolute Gasteiger partial charge is 0.252 e. The van der Waals surface area contributed by atoms with Crippen LogP contribution in [0, 0.1) is 0 Å². The predicted molar refractivity (Wildman–Crippen MR) is 334 cm³/mol. The molecule has 0 bridgehead atoms. The number of furan rings is 1. The Bertz CT molecular complexity index is 4270. The van der Waals surface area contributed by atoms with E-state index >= 15 is 0 Å². The summed E-state index contributed by atoms with van der Waals surface area (Å²) in [5.74, 6) is 0. The fourth-order valence-electron chi connectivity index (χ4n) is 16.7. The van der Waals surface area contributed by atoms with Crippen molar-refractivity contribution < 1.29 is 4.42 Å². The summed E-state index contributed by atoms with van der Waals surface area (Å²) in [5.41, 5.74) is 23.3. The van der Waals surface area contributed by atoms with E-state index in [0.29, 0.717) is 0 Å². The maximum absolute atomic E-state index is 7.16. The number of anilines is 8. The number of para-hydroxylation sites is 3. The topological polar surface area (TPSA) is 22.9 Å². The van der Waals surface area contributed by atoms with Crippen LogP contribution in [0.4, 0.5) is 45.5 Å². The van der Waals surface area contributed by atoms with Crippen molar-refractivity contribution in [3.8, 4) is 0 Å². The minimum atomic E-state index is -0.151. The molecule has 388 valence electrons. The van der Waals surface area contributed by atoms with Gasteiger partial charge in [-0.05, 0) is 177 Å². The summed E-state index contributed by atoms with van der Waals surface area (Å²) in [6.45, 7) is 25.1. The molecular weight excluding hydrogens is 966 g/mol. The molecule has 0 spiro atoms. The lowest BCUT2D eigenvalue weighted by Gasteiger charge is -2.51. The standard InChI is InChI=1S/C72H70BN3OS/c1-67(2)32-33-68(3,4)51-36-43(28-29-49(51)67)74-58-41-53-52(69(5,6)34-35-70(53,7)8)40-55(58)73-54-39-48-46-21-12-16-27-63(46)78-64(48)42-59(54)75(57-25-19-22-47-45-20-11-15-26-62(45)77-66(47)57)61-38-44(37-60(74)65(61)73)76-56-24-14-13-23-50(56)71(9)30-17-18-31-72(71,76)10/h11-16,19-29,36-42H,17-18,30-35H2,1-10H3. The van der Waals surface area contributed by atoms with E-state index in [0.717, 1.165) is 53.3 Å². The van der Waals surface area contributed by atoms with Crippen LogP contribution in [0.15, 0.2) is 150 Å². The number of nitrogens with zero attached hydrogens (tertiary/aromatic N) is 3. The van der Waals surface area contributed by atoms with Crippen LogP contribution in [0.2, 0.25) is 0 Å². The molecular formula is C72H70BN3OS. The van der Waals surface area contributed by atoms with Gasteiger partial charge in [0.1, 0.15) is 5.58 Å². The number of fused-ring (bicyclic) bond motifs is 15. The van der Waals surface area contributed by atoms with E-state index in [9.17, 15) is 0 Å². The summed E-state index contributed by atoms with van der Waals surface area (Å²) in [4.78, 5) is 8.24. The van der Waals surface area contributed by atoms with Gasteiger partial charge in [-0.25, -0.2) is 0 Å². The molecule has 0 N–H and O–H groups in total. The summed E-state index contributed by atoms with van der Waals surface area (Å²) >= 11 is 1.92. The van der Waals surface area contributed by atoms with Crippen LogP contribution in [-0.2, 0) is 27.1 Å². The summed E-state index contributed by atoms with van der Waals surface area (Å²) in [5, 5.41) is 4.95. The van der Waals surface area contributed by atoms with E-state index in [2.05, 4.69) is 230 Å². The van der Waals surface area contributed by atoms with Gasteiger partial charge < -0.3 is 19.1 Å². The zero-order valence-corrected chi connectivity index (χ0v) is 48.1. The monoisotopic (exact) mass is 1040 g/mol. The molecule has 2 unspecified atom stereocenters. The van der Waals surface area contributed by atoms with E-state index < -0.39 is 0 Å². The summed E-state index contributed by atoms with van der Waals surface area (Å²) in [6, 6.07) is 57.5. The molecule has 0 radical (unpaired) electrons. The molecule has 5 heterocycles. The highest BCUT2D eigenvalue weighted by atomic mass is 32.1. The van der Waals surface area contributed by atoms with Crippen LogP contribution in [0.5, 0.6) is 0 Å². The van der Waals surface area contributed by atoms with Crippen LogP contribution < -0.4 is 31.1 Å². The van der Waals surface area contributed by atoms with E-state index in [1.54, 1.807) is 0 Å². The Kier molecular flexibility index (Phi) is 9.41. The number of hydrogen-bond donors (Lipinski definition) is 0. The highest BCUT2D eigenvalue weighted by Crippen LogP contribution is 2.62. The van der Waals surface area contributed by atoms with Crippen LogP contribution >= 0.6 is 11.3 Å². The second kappa shape index (κ2) is 15.5. The lowest BCUT2D eigenvalue weighted by Crippen LogP contribution is -2.62. The van der Waals surface area contributed by atoms with E-state index in [1.807, 2.05) is 11.3 Å². The first-order valence-electron chi connectivity index (χ1n) is 29.2. The molecule has 0 amide bonds. The fraction of sp³-hybridized carbons (Fsp3) is 0.333. The van der Waals surface area contributed by atoms with Crippen LogP contribution in [0.3, 0.4) is 0 Å². The Morgan fingerprint density at radius 2 is 1.01 bits per heavy atom. The molecule has 4 nitrogen and oxygen atoms in total. The third-order valence-electron chi connectivity index (χ3n) is 21.5. The third-order valence-corrected chi connectivity index (χ3v) is 22.6. The molecule has 78 heavy (non-hydrogen) atoms. The zero-order valence-electron chi connectivity index (χ0n) is 47.2. The fourth-order valence-corrected chi connectivity index (χ4v) is 17.8. The number of benzene rings is 8. The Balaban J connectivity index is 1.08. The van der Waals surface area contributed by atoms with Gasteiger partial charge in [-0.15, -0.1) is 11.3 Å². The third kappa shape index (κ3) is 6.14. The lowest BCUT2D eigenvalue weighted by molar-refractivity contribution is 0.195. The lowest BCUT2D eigenvalue weighted by atomic mass is 9.33. The van der Waals surface area contributed by atoms with Gasteiger partial charge in [-0.3, -0.25) is 0 Å². The second-order valence-corrected chi connectivity index (χ2v) is 28.7. The van der Waals surface area contributed by atoms with Gasteiger partial charge in [-0.1, -0.05) is 160 Å². The SMILES string of the molecule is CC1(C)CCC(C)(C)c2cc(N3c4cc5c(cc4B4c6cc7c(cc6N(c6cccc8c6oc6ccccc68)c6cc(N8c9ccccc9C9(C)CCCCC89C)cc3c64)sc3ccccc37)C(C)(C)CCC5(C)C)ccc21. The Labute approximate surface area is 465 Å². The summed E-state index contributed by atoms with van der Waals surface area (Å²) in [6.07, 6.45) is 9.42. The molecule has 0 saturated heterocycles. The number of hydrogen-bond acceptors (Lipinski definition) is 5. The van der Waals surface area contributed by atoms with E-state index in [-0.39, 0.29) is 39.3 Å². The van der Waals surface area contributed by atoms with Gasteiger partial charge in [0.25, 0.3) is 6.71 Å². The highest BCUT2D eigenvalue weighted by molar-refractivity contribution is 7.26. The highest BCUT2D eigenvalue weighted by Gasteiger charge is 2.58. The first-order valence-corrected chi connectivity index (χ1v) is 30.1. The number of thiophene rings is 1. The Morgan fingerprint density at radius 3 is 1.79 bits per heavy atom. The Morgan fingerprint density at radius 1 is 0.410 bits per heavy atom. The minimum Gasteiger partial charge on any atom is -0.454 e. The maximum Gasteiger partial charge on any atom is 0.252 e. The second-order valence-electron chi connectivity index (χ2n) is 27.6. The largest absolute Gasteiger partial charge is 0.454 e. The zero-order chi connectivity index (χ0) is 53.2. The summed E-state index contributed by atoms with van der Waals surface area (Å²) in [7, 11) is 0. The predicted octanol–water partition coefficient (Wildman–Crippen LogP) is 18.5. The molecule has 6 heteroatoms. The molecule has 3 aliphatic heterocycles. The van der Waals surface area contributed by atoms with Crippen molar-refractivity contribution in [2.45, 2.75) is 153 Å². The normalized spacial score (nSPS) is 22.7. The van der Waals surface area contributed by atoms with Crippen LogP contribution in [0.25, 0.3) is 42.1 Å². The average Bonchev–Trinajstić information content (AvgIpc) is 3.30. The van der Waals surface area contributed by atoms with Gasteiger partial charge in [0.05, 0.1) is 11.2 Å². The van der Waals surface area contributed by atoms with Crippen LogP contribution in [-0.4, -0.2) is 12.3 Å². The van der Waals surface area contributed by atoms with E-state index in [4.69, 9.17) is 4.42 Å². The first-order chi connectivity index (χ1) is 37.4. The van der Waals surface area contributed by atoms with Crippen molar-refractivity contribution in [1.29, 1.82) is 0 Å². The van der Waals surface area contributed by atoms with Crippen molar-refractivity contribution >= 4 is 122 Å². The molecule has 3 aliphatic carbocycles.